The van der Waals surface area contributed by atoms with Crippen molar-refractivity contribution in [1.29, 1.82) is 0 Å². The van der Waals surface area contributed by atoms with Crippen LogP contribution in [-0.4, -0.2) is 85.9 Å². The predicted octanol–water partition coefficient (Wildman–Crippen LogP) is 2.20. The summed E-state index contributed by atoms with van der Waals surface area (Å²) in [5.41, 5.74) is -0.0191. The van der Waals surface area contributed by atoms with Crippen molar-refractivity contribution < 1.29 is 39.5 Å². The lowest BCUT2D eigenvalue weighted by Gasteiger charge is -2.36. The lowest BCUT2D eigenvalue weighted by molar-refractivity contribution is 0.0684. The van der Waals surface area contributed by atoms with Gasteiger partial charge in [0.15, 0.2) is 17.2 Å². The Bertz CT molecular complexity index is 1440. The third kappa shape index (κ3) is 5.00. The molecule has 2 aromatic carbocycles. The number of anilines is 1. The number of nitrogens with zero attached hydrogens (tertiary/aromatic N) is 3. The molecule has 0 saturated carbocycles. The number of phenols is 3. The molecule has 1 fully saturated rings. The zero-order valence-electron chi connectivity index (χ0n) is 19.6. The van der Waals surface area contributed by atoms with Crippen molar-refractivity contribution in [3.8, 4) is 17.2 Å². The quantitative estimate of drug-likeness (QED) is 0.314. The van der Waals surface area contributed by atoms with E-state index in [2.05, 4.69) is 4.90 Å². The van der Waals surface area contributed by atoms with Gasteiger partial charge in [0.05, 0.1) is 27.0 Å². The van der Waals surface area contributed by atoms with Crippen molar-refractivity contribution in [3.05, 3.63) is 51.6 Å². The molecule has 11 nitrogen and oxygen atoms in total. The van der Waals surface area contributed by atoms with Gasteiger partial charge in [-0.1, -0.05) is 0 Å². The summed E-state index contributed by atoms with van der Waals surface area (Å²) < 4.78 is 16.7. The summed E-state index contributed by atoms with van der Waals surface area (Å²) in [6.45, 7) is 3.76. The Morgan fingerprint density at radius 3 is 2.14 bits per heavy atom. The molecule has 0 amide bonds. The number of pyridine rings is 1. The van der Waals surface area contributed by atoms with E-state index in [0.29, 0.717) is 23.5 Å². The topological polar surface area (TPSA) is 164 Å². The van der Waals surface area contributed by atoms with Gasteiger partial charge in [0.2, 0.25) is 5.43 Å². The third-order valence-corrected chi connectivity index (χ3v) is 7.25. The highest BCUT2D eigenvalue weighted by molar-refractivity contribution is 7.99. The van der Waals surface area contributed by atoms with Crippen LogP contribution in [0.4, 0.5) is 10.1 Å². The van der Waals surface area contributed by atoms with Crippen molar-refractivity contribution in [3.63, 3.8) is 0 Å². The van der Waals surface area contributed by atoms with Gasteiger partial charge in [0, 0.05) is 44.7 Å². The number of halogens is 1. The van der Waals surface area contributed by atoms with Crippen LogP contribution in [-0.2, 0) is 6.54 Å². The van der Waals surface area contributed by atoms with E-state index in [1.807, 2.05) is 11.9 Å². The predicted molar refractivity (Wildman–Crippen MR) is 134 cm³/mol. The van der Waals surface area contributed by atoms with Crippen LogP contribution in [0.2, 0.25) is 0 Å². The number of aromatic nitrogens is 1. The third-order valence-electron chi connectivity index (χ3n) is 6.19. The maximum absolute atomic E-state index is 15.0. The van der Waals surface area contributed by atoms with Gasteiger partial charge in [-0.2, -0.15) is 0 Å². The molecule has 0 spiro atoms. The molecule has 1 saturated heterocycles. The van der Waals surface area contributed by atoms with E-state index in [-0.39, 0.29) is 16.5 Å². The molecular formula is C24H24FN3O8S. The Morgan fingerprint density at radius 2 is 1.57 bits per heavy atom. The van der Waals surface area contributed by atoms with Gasteiger partial charge in [-0.3, -0.25) is 4.79 Å². The summed E-state index contributed by atoms with van der Waals surface area (Å²) in [7, 11) is 2.04. The maximum Gasteiger partial charge on any atom is 0.341 e. The highest BCUT2D eigenvalue weighted by Crippen LogP contribution is 2.41. The molecule has 5 rings (SSSR count). The number of carboxylic acid groups (broad SMARTS) is 2. The van der Waals surface area contributed by atoms with Crippen LogP contribution in [0, 0.1) is 5.82 Å². The second-order valence-corrected chi connectivity index (χ2v) is 9.71. The largest absolute Gasteiger partial charge is 0.504 e. The Hall–Kier alpha value is -3.97. The Labute approximate surface area is 213 Å². The molecule has 196 valence electrons. The fourth-order valence-electron chi connectivity index (χ4n) is 4.25. The number of phenolic OH excluding ortho intramolecular Hbond substituents is 3. The minimum absolute atomic E-state index is 0.150. The van der Waals surface area contributed by atoms with E-state index >= 15 is 0 Å². The highest BCUT2D eigenvalue weighted by Gasteiger charge is 2.28. The fraction of sp³-hybridized carbons (Fsp3) is 0.292. The molecule has 0 radical (unpaired) electrons. The average molecular weight is 534 g/mol. The molecular weight excluding hydrogens is 509 g/mol. The number of likely N-dealkylation sites (N-methyl/N-ethyl adjacent to an activating group) is 1. The fourth-order valence-corrected chi connectivity index (χ4v) is 5.47. The Balaban J connectivity index is 0.000000225. The van der Waals surface area contributed by atoms with E-state index in [0.717, 1.165) is 43.2 Å². The van der Waals surface area contributed by atoms with Crippen molar-refractivity contribution in [2.24, 2.45) is 0 Å². The average Bonchev–Trinajstić information content (AvgIpc) is 2.85. The molecule has 37 heavy (non-hydrogen) atoms. The molecule has 0 bridgehead atoms. The summed E-state index contributed by atoms with van der Waals surface area (Å²) in [6, 6.07) is 2.90. The maximum atomic E-state index is 15.0. The molecule has 2 aliphatic heterocycles. The smallest absolute Gasteiger partial charge is 0.341 e. The number of rotatable bonds is 3. The van der Waals surface area contributed by atoms with Crippen LogP contribution < -0.4 is 10.3 Å². The van der Waals surface area contributed by atoms with E-state index in [1.54, 1.807) is 4.57 Å². The molecule has 2 aliphatic rings. The molecule has 13 heteroatoms. The minimum Gasteiger partial charge on any atom is -0.504 e. The number of hydrogen-bond acceptors (Lipinski definition) is 9. The molecule has 0 atom stereocenters. The normalized spacial score (nSPS) is 15.2. The molecule has 0 unspecified atom stereocenters. The number of piperazine rings is 1. The second kappa shape index (κ2) is 10.2. The summed E-state index contributed by atoms with van der Waals surface area (Å²) in [6.07, 6.45) is 1.39. The standard InChI is InChI=1S/C17H18FN3O3S.C7H6O5/c1-19-2-4-20(5-3-19)14-12(18)8-10-13-16(14)25-7-6-21(13)9-11(15(10)22)17(23)24;8-4-1-3(7(11)12)2-5(9)6(4)10/h8-9H,2-7H2,1H3,(H,23,24);1-2,8-10H,(H,11,12). The van der Waals surface area contributed by atoms with Gasteiger partial charge in [0.25, 0.3) is 0 Å². The number of carbonyl (C=O) groups is 2. The van der Waals surface area contributed by atoms with Crippen molar-refractivity contribution in [1.82, 2.24) is 9.47 Å². The van der Waals surface area contributed by atoms with E-state index in [9.17, 15) is 23.9 Å². The lowest BCUT2D eigenvalue weighted by Crippen LogP contribution is -2.45. The first-order chi connectivity index (χ1) is 17.5. The number of hydrogen-bond donors (Lipinski definition) is 5. The van der Waals surface area contributed by atoms with Crippen LogP contribution in [0.5, 0.6) is 17.2 Å². The summed E-state index contributed by atoms with van der Waals surface area (Å²) in [5.74, 6) is -4.35. The van der Waals surface area contributed by atoms with E-state index < -0.39 is 40.4 Å². The van der Waals surface area contributed by atoms with Gasteiger partial charge >= 0.3 is 11.9 Å². The van der Waals surface area contributed by atoms with E-state index in [4.69, 9.17) is 20.4 Å². The first-order valence-corrected chi connectivity index (χ1v) is 12.2. The van der Waals surface area contributed by atoms with Gasteiger partial charge in [-0.05, 0) is 25.2 Å². The van der Waals surface area contributed by atoms with Crippen molar-refractivity contribution in [2.75, 3.05) is 43.9 Å². The second-order valence-electron chi connectivity index (χ2n) is 8.61. The first kappa shape index (κ1) is 26.1. The SMILES string of the molecule is CN1CCN(c2c(F)cc3c(=O)c(C(=O)O)cn4c3c2SCC4)CC1.O=C(O)c1cc(O)c(O)c(O)c1. The monoisotopic (exact) mass is 533 g/mol. The van der Waals surface area contributed by atoms with Gasteiger partial charge in [-0.25, -0.2) is 14.0 Å². The molecule has 1 aromatic heterocycles. The molecule has 3 heterocycles. The van der Waals surface area contributed by atoms with Crippen molar-refractivity contribution >= 4 is 40.3 Å². The first-order valence-electron chi connectivity index (χ1n) is 11.2. The number of benzene rings is 2. The van der Waals surface area contributed by atoms with Crippen LogP contribution in [0.1, 0.15) is 20.7 Å². The Kier molecular flexibility index (Phi) is 7.18. The zero-order valence-corrected chi connectivity index (χ0v) is 20.5. The highest BCUT2D eigenvalue weighted by atomic mass is 32.2. The van der Waals surface area contributed by atoms with Crippen LogP contribution >= 0.6 is 11.8 Å². The van der Waals surface area contributed by atoms with E-state index in [1.165, 1.54) is 24.0 Å². The van der Waals surface area contributed by atoms with Crippen LogP contribution in [0.15, 0.2) is 34.1 Å². The van der Waals surface area contributed by atoms with Gasteiger partial charge in [0.1, 0.15) is 11.4 Å². The van der Waals surface area contributed by atoms with Gasteiger partial charge in [-0.15, -0.1) is 11.8 Å². The van der Waals surface area contributed by atoms with Crippen LogP contribution in [0.25, 0.3) is 10.9 Å². The summed E-state index contributed by atoms with van der Waals surface area (Å²) in [5, 5.41) is 44.4. The molecule has 3 aromatic rings. The summed E-state index contributed by atoms with van der Waals surface area (Å²) >= 11 is 1.54. The molecule has 0 aliphatic carbocycles. The molecule has 5 N–H and O–H groups in total. The number of aromatic carboxylic acids is 2. The summed E-state index contributed by atoms with van der Waals surface area (Å²) in [4.78, 5) is 39.1. The van der Waals surface area contributed by atoms with Crippen LogP contribution in [0.3, 0.4) is 0 Å². The lowest BCUT2D eigenvalue weighted by atomic mass is 10.1. The number of thioether (sulfide) groups is 1. The number of aryl methyl sites for hydroxylation is 1. The Morgan fingerprint density at radius 1 is 0.946 bits per heavy atom. The number of aromatic hydroxyl groups is 3. The minimum atomic E-state index is -1.29. The van der Waals surface area contributed by atoms with Gasteiger partial charge < -0.3 is 39.9 Å². The number of carboxylic acids is 2. The zero-order chi connectivity index (χ0) is 27.0. The van der Waals surface area contributed by atoms with Crippen molar-refractivity contribution in [2.45, 2.75) is 11.4 Å².